The van der Waals surface area contributed by atoms with Gasteiger partial charge < -0.3 is 10.5 Å². The highest BCUT2D eigenvalue weighted by Crippen LogP contribution is 2.32. The highest BCUT2D eigenvalue weighted by atomic mass is 32.2. The van der Waals surface area contributed by atoms with Crippen LogP contribution in [0.1, 0.15) is 17.7 Å². The average molecular weight is 257 g/mol. The molecule has 0 aliphatic carbocycles. The zero-order valence-corrected chi connectivity index (χ0v) is 10.7. The van der Waals surface area contributed by atoms with Crippen molar-refractivity contribution in [2.75, 3.05) is 12.9 Å². The number of nitrogens with two attached hydrogens (primary N) is 1. The van der Waals surface area contributed by atoms with Crippen LogP contribution >= 0.6 is 11.8 Å². The summed E-state index contributed by atoms with van der Waals surface area (Å²) >= 11 is 1.29. The Morgan fingerprint density at radius 3 is 2.71 bits per heavy atom. The molecule has 2 atom stereocenters. The monoisotopic (exact) mass is 257 g/mol. The number of carbonyl (C=O) groups is 1. The molecule has 3 nitrogen and oxygen atoms in total. The van der Waals surface area contributed by atoms with E-state index in [9.17, 15) is 9.18 Å². The van der Waals surface area contributed by atoms with Crippen molar-refractivity contribution in [3.05, 3.63) is 35.6 Å². The lowest BCUT2D eigenvalue weighted by atomic mass is 10.1. The fraction of sp³-hybridized carbons (Fsp3) is 0.417. The van der Waals surface area contributed by atoms with E-state index in [0.717, 1.165) is 0 Å². The summed E-state index contributed by atoms with van der Waals surface area (Å²) in [6, 6.07) is 6.22. The van der Waals surface area contributed by atoms with Crippen LogP contribution in [0.5, 0.6) is 0 Å². The van der Waals surface area contributed by atoms with E-state index in [-0.39, 0.29) is 28.8 Å². The number of hydrogen-bond donors (Lipinski definition) is 1. The molecule has 0 radical (unpaired) electrons. The summed E-state index contributed by atoms with van der Waals surface area (Å²) in [5.41, 5.74) is 6.35. The van der Waals surface area contributed by atoms with Gasteiger partial charge in [0.05, 0.1) is 12.9 Å². The zero-order chi connectivity index (χ0) is 12.8. The fourth-order valence-electron chi connectivity index (χ4n) is 1.45. The third-order valence-corrected chi connectivity index (χ3v) is 3.74. The summed E-state index contributed by atoms with van der Waals surface area (Å²) in [6.45, 7) is 1.79. The standard InChI is InChI=1S/C12H16FNO2S/c1-8(14)12(17-7-11(15)16-2)9-5-3-4-6-10(9)13/h3-6,8,12H,7,14H2,1-2H3. The van der Waals surface area contributed by atoms with Gasteiger partial charge in [0.15, 0.2) is 0 Å². The molecule has 0 saturated heterocycles. The summed E-state index contributed by atoms with van der Waals surface area (Å²) < 4.78 is 18.2. The molecule has 0 spiro atoms. The molecule has 0 aliphatic rings. The van der Waals surface area contributed by atoms with E-state index in [4.69, 9.17) is 5.73 Å². The quantitative estimate of drug-likeness (QED) is 0.821. The SMILES string of the molecule is COC(=O)CSC(c1ccccc1F)C(C)N. The van der Waals surface area contributed by atoms with E-state index < -0.39 is 0 Å². The molecule has 0 saturated carbocycles. The molecule has 0 aliphatic heterocycles. The van der Waals surface area contributed by atoms with Gasteiger partial charge in [-0.2, -0.15) is 0 Å². The predicted molar refractivity (Wildman–Crippen MR) is 67.3 cm³/mol. The molecule has 94 valence electrons. The van der Waals surface area contributed by atoms with Gasteiger partial charge >= 0.3 is 5.97 Å². The Balaban J connectivity index is 2.80. The smallest absolute Gasteiger partial charge is 0.315 e. The number of carbonyl (C=O) groups excluding carboxylic acids is 1. The minimum Gasteiger partial charge on any atom is -0.468 e. The van der Waals surface area contributed by atoms with Gasteiger partial charge in [-0.05, 0) is 13.0 Å². The minimum atomic E-state index is -0.336. The largest absolute Gasteiger partial charge is 0.468 e. The molecule has 17 heavy (non-hydrogen) atoms. The van der Waals surface area contributed by atoms with Crippen LogP contribution in [0.15, 0.2) is 24.3 Å². The van der Waals surface area contributed by atoms with Crippen molar-refractivity contribution < 1.29 is 13.9 Å². The molecular formula is C12H16FNO2S. The van der Waals surface area contributed by atoms with E-state index >= 15 is 0 Å². The maximum absolute atomic E-state index is 13.6. The van der Waals surface area contributed by atoms with Crippen molar-refractivity contribution in [3.8, 4) is 0 Å². The molecule has 0 heterocycles. The number of ether oxygens (including phenoxy) is 1. The molecule has 2 unspecified atom stereocenters. The van der Waals surface area contributed by atoms with Gasteiger partial charge in [0.2, 0.25) is 0 Å². The number of hydrogen-bond acceptors (Lipinski definition) is 4. The van der Waals surface area contributed by atoms with Crippen molar-refractivity contribution in [1.29, 1.82) is 0 Å². The van der Waals surface area contributed by atoms with Crippen molar-refractivity contribution in [3.63, 3.8) is 0 Å². The molecule has 0 amide bonds. The predicted octanol–water partition coefficient (Wildman–Crippen LogP) is 2.12. The van der Waals surface area contributed by atoms with E-state index in [1.165, 1.54) is 24.9 Å². The van der Waals surface area contributed by atoms with E-state index in [0.29, 0.717) is 5.56 Å². The number of methoxy groups -OCH3 is 1. The summed E-state index contributed by atoms with van der Waals surface area (Å²) in [6.07, 6.45) is 0. The number of rotatable bonds is 5. The molecule has 1 aromatic rings. The summed E-state index contributed by atoms with van der Waals surface area (Å²) in [5.74, 6) is -0.471. The van der Waals surface area contributed by atoms with E-state index in [1.54, 1.807) is 25.1 Å². The topological polar surface area (TPSA) is 52.3 Å². The Hall–Kier alpha value is -1.07. The molecule has 5 heteroatoms. The van der Waals surface area contributed by atoms with Gasteiger partial charge in [-0.25, -0.2) is 4.39 Å². The van der Waals surface area contributed by atoms with Gasteiger partial charge in [-0.15, -0.1) is 11.8 Å². The Labute approximate surface area is 105 Å². The number of benzene rings is 1. The first kappa shape index (κ1) is 14.0. The molecule has 0 bridgehead atoms. The lowest BCUT2D eigenvalue weighted by Crippen LogP contribution is -2.24. The second-order valence-corrected chi connectivity index (χ2v) is 4.82. The Kier molecular flexibility index (Phi) is 5.44. The lowest BCUT2D eigenvalue weighted by Gasteiger charge is -2.20. The van der Waals surface area contributed by atoms with Gasteiger partial charge in [-0.1, -0.05) is 18.2 Å². The van der Waals surface area contributed by atoms with Crippen LogP contribution in [0.2, 0.25) is 0 Å². The minimum absolute atomic E-state index is 0.164. The second-order valence-electron chi connectivity index (χ2n) is 3.69. The Morgan fingerprint density at radius 1 is 1.53 bits per heavy atom. The van der Waals surface area contributed by atoms with Gasteiger partial charge in [-0.3, -0.25) is 4.79 Å². The van der Waals surface area contributed by atoms with Crippen molar-refractivity contribution in [2.24, 2.45) is 5.73 Å². The van der Waals surface area contributed by atoms with Crippen LogP contribution in [0, 0.1) is 5.82 Å². The first-order valence-corrected chi connectivity index (χ1v) is 6.29. The van der Waals surface area contributed by atoms with Crippen LogP contribution in [-0.2, 0) is 9.53 Å². The lowest BCUT2D eigenvalue weighted by molar-refractivity contribution is -0.137. The summed E-state index contributed by atoms with van der Waals surface area (Å²) in [4.78, 5) is 11.1. The Bertz CT molecular complexity index is 385. The highest BCUT2D eigenvalue weighted by Gasteiger charge is 2.21. The first-order valence-electron chi connectivity index (χ1n) is 5.24. The highest BCUT2D eigenvalue weighted by molar-refractivity contribution is 8.00. The van der Waals surface area contributed by atoms with Gasteiger partial charge in [0, 0.05) is 16.9 Å². The van der Waals surface area contributed by atoms with E-state index in [1.807, 2.05) is 0 Å². The van der Waals surface area contributed by atoms with Crippen LogP contribution in [0.4, 0.5) is 4.39 Å². The first-order chi connectivity index (χ1) is 8.06. The second kappa shape index (κ2) is 6.61. The van der Waals surface area contributed by atoms with Crippen molar-refractivity contribution in [2.45, 2.75) is 18.2 Å². The number of thioether (sulfide) groups is 1. The van der Waals surface area contributed by atoms with Crippen molar-refractivity contribution >= 4 is 17.7 Å². The fourth-order valence-corrected chi connectivity index (χ4v) is 2.56. The number of esters is 1. The van der Waals surface area contributed by atoms with Crippen LogP contribution in [0.3, 0.4) is 0 Å². The Morgan fingerprint density at radius 2 is 2.18 bits per heavy atom. The van der Waals surface area contributed by atoms with E-state index in [2.05, 4.69) is 4.74 Å². The zero-order valence-electron chi connectivity index (χ0n) is 9.85. The molecule has 0 aromatic heterocycles. The number of halogens is 1. The molecule has 0 fully saturated rings. The average Bonchev–Trinajstić information content (AvgIpc) is 2.30. The maximum Gasteiger partial charge on any atom is 0.315 e. The van der Waals surface area contributed by atoms with Crippen molar-refractivity contribution in [1.82, 2.24) is 0 Å². The maximum atomic E-state index is 13.6. The van der Waals surface area contributed by atoms with Crippen LogP contribution in [0.25, 0.3) is 0 Å². The molecule has 1 aromatic carbocycles. The van der Waals surface area contributed by atoms with Crippen LogP contribution in [-0.4, -0.2) is 24.9 Å². The molecule has 1 rings (SSSR count). The summed E-state index contributed by atoms with van der Waals surface area (Å²) in [5, 5.41) is -0.254. The molecule has 2 N–H and O–H groups in total. The third kappa shape index (κ3) is 4.02. The normalized spacial score (nSPS) is 14.1. The van der Waals surface area contributed by atoms with Gasteiger partial charge in [0.25, 0.3) is 0 Å². The van der Waals surface area contributed by atoms with Crippen LogP contribution < -0.4 is 5.73 Å². The third-order valence-electron chi connectivity index (χ3n) is 2.30. The van der Waals surface area contributed by atoms with Gasteiger partial charge in [0.1, 0.15) is 5.82 Å². The summed E-state index contributed by atoms with van der Waals surface area (Å²) in [7, 11) is 1.33. The molecular weight excluding hydrogens is 241 g/mol.